The van der Waals surface area contributed by atoms with Gasteiger partial charge in [0.25, 0.3) is 0 Å². The van der Waals surface area contributed by atoms with Crippen LogP contribution in [-0.2, 0) is 6.54 Å². The Labute approximate surface area is 110 Å². The topological polar surface area (TPSA) is 24.5 Å². The molecule has 2 atom stereocenters. The van der Waals surface area contributed by atoms with Crippen LogP contribution in [0.5, 0.6) is 5.75 Å². The van der Waals surface area contributed by atoms with Gasteiger partial charge in [-0.3, -0.25) is 4.90 Å². The monoisotopic (exact) mass is 248 g/mol. The molecule has 0 saturated carbocycles. The molecule has 0 spiro atoms. The Bertz CT molecular complexity index is 395. The lowest BCUT2D eigenvalue weighted by atomic mass is 10.1. The maximum atomic E-state index is 5.45. The molecule has 1 aliphatic heterocycles. The Hall–Kier alpha value is -1.06. The molecule has 1 saturated heterocycles. The molecule has 1 aromatic rings. The fourth-order valence-corrected chi connectivity index (χ4v) is 2.84. The summed E-state index contributed by atoms with van der Waals surface area (Å²) in [6.07, 6.45) is 0. The SMILES string of the molecule is COc1ccc(C)cc1CN1CC(C)NC(C)C1. The molecule has 3 nitrogen and oxygen atoms in total. The highest BCUT2D eigenvalue weighted by atomic mass is 16.5. The lowest BCUT2D eigenvalue weighted by Crippen LogP contribution is -2.53. The molecule has 100 valence electrons. The van der Waals surface area contributed by atoms with Gasteiger partial charge in [-0.2, -0.15) is 0 Å². The highest BCUT2D eigenvalue weighted by Crippen LogP contribution is 2.22. The smallest absolute Gasteiger partial charge is 0.123 e. The van der Waals surface area contributed by atoms with Gasteiger partial charge in [-0.05, 0) is 26.8 Å². The van der Waals surface area contributed by atoms with Crippen molar-refractivity contribution in [3.8, 4) is 5.75 Å². The summed E-state index contributed by atoms with van der Waals surface area (Å²) >= 11 is 0. The number of ether oxygens (including phenoxy) is 1. The van der Waals surface area contributed by atoms with Gasteiger partial charge in [0.15, 0.2) is 0 Å². The van der Waals surface area contributed by atoms with Gasteiger partial charge in [0, 0.05) is 37.3 Å². The molecule has 0 radical (unpaired) electrons. The van der Waals surface area contributed by atoms with Crippen LogP contribution in [0.4, 0.5) is 0 Å². The van der Waals surface area contributed by atoms with Crippen molar-refractivity contribution in [1.29, 1.82) is 0 Å². The van der Waals surface area contributed by atoms with Crippen molar-refractivity contribution < 1.29 is 4.74 Å². The Morgan fingerprint density at radius 1 is 1.28 bits per heavy atom. The van der Waals surface area contributed by atoms with Crippen LogP contribution in [0, 0.1) is 6.92 Å². The molecule has 1 N–H and O–H groups in total. The zero-order valence-electron chi connectivity index (χ0n) is 11.9. The lowest BCUT2D eigenvalue weighted by Gasteiger charge is -2.36. The normalized spacial score (nSPS) is 25.1. The van der Waals surface area contributed by atoms with Gasteiger partial charge < -0.3 is 10.1 Å². The number of hydrogen-bond donors (Lipinski definition) is 1. The number of benzene rings is 1. The van der Waals surface area contributed by atoms with Crippen LogP contribution >= 0.6 is 0 Å². The van der Waals surface area contributed by atoms with Crippen molar-refractivity contribution >= 4 is 0 Å². The minimum atomic E-state index is 0.560. The second-order valence-corrected chi connectivity index (χ2v) is 5.48. The van der Waals surface area contributed by atoms with Crippen LogP contribution in [-0.4, -0.2) is 37.2 Å². The third-order valence-electron chi connectivity index (χ3n) is 3.46. The number of aryl methyl sites for hydroxylation is 1. The third-order valence-corrected chi connectivity index (χ3v) is 3.46. The summed E-state index contributed by atoms with van der Waals surface area (Å²) in [6.45, 7) is 9.79. The van der Waals surface area contributed by atoms with Gasteiger partial charge in [-0.1, -0.05) is 17.7 Å². The molecule has 18 heavy (non-hydrogen) atoms. The van der Waals surface area contributed by atoms with Crippen molar-refractivity contribution in [3.05, 3.63) is 29.3 Å². The summed E-state index contributed by atoms with van der Waals surface area (Å²) in [5.41, 5.74) is 2.58. The van der Waals surface area contributed by atoms with Gasteiger partial charge in [-0.25, -0.2) is 0 Å². The third kappa shape index (κ3) is 3.24. The van der Waals surface area contributed by atoms with Crippen LogP contribution in [0.2, 0.25) is 0 Å². The van der Waals surface area contributed by atoms with Crippen molar-refractivity contribution in [3.63, 3.8) is 0 Å². The predicted molar refractivity (Wildman–Crippen MR) is 75.1 cm³/mol. The van der Waals surface area contributed by atoms with Gasteiger partial charge in [0.2, 0.25) is 0 Å². The first kappa shape index (κ1) is 13.4. The second-order valence-electron chi connectivity index (χ2n) is 5.48. The van der Waals surface area contributed by atoms with E-state index < -0.39 is 0 Å². The van der Waals surface area contributed by atoms with Crippen LogP contribution in [0.25, 0.3) is 0 Å². The Kier molecular flexibility index (Phi) is 4.25. The first-order valence-electron chi connectivity index (χ1n) is 6.70. The molecule has 2 unspecified atom stereocenters. The molecule has 0 aromatic heterocycles. The van der Waals surface area contributed by atoms with Crippen molar-refractivity contribution in [2.24, 2.45) is 0 Å². The van der Waals surface area contributed by atoms with E-state index in [4.69, 9.17) is 4.74 Å². The molecule has 1 fully saturated rings. The number of rotatable bonds is 3. The Morgan fingerprint density at radius 3 is 2.56 bits per heavy atom. The number of nitrogens with one attached hydrogen (secondary N) is 1. The molecular weight excluding hydrogens is 224 g/mol. The van der Waals surface area contributed by atoms with Gasteiger partial charge >= 0.3 is 0 Å². The summed E-state index contributed by atoms with van der Waals surface area (Å²) in [5, 5.41) is 3.56. The zero-order valence-corrected chi connectivity index (χ0v) is 11.9. The summed E-state index contributed by atoms with van der Waals surface area (Å²) in [4.78, 5) is 2.50. The number of hydrogen-bond acceptors (Lipinski definition) is 3. The molecule has 1 aliphatic rings. The van der Waals surface area contributed by atoms with Gasteiger partial charge in [-0.15, -0.1) is 0 Å². The largest absolute Gasteiger partial charge is 0.496 e. The van der Waals surface area contributed by atoms with Crippen LogP contribution in [0.15, 0.2) is 18.2 Å². The van der Waals surface area contributed by atoms with E-state index in [0.717, 1.165) is 25.4 Å². The molecule has 0 amide bonds. The first-order chi connectivity index (χ1) is 8.58. The molecular formula is C15H24N2O. The van der Waals surface area contributed by atoms with E-state index >= 15 is 0 Å². The molecule has 0 aliphatic carbocycles. The lowest BCUT2D eigenvalue weighted by molar-refractivity contribution is 0.165. The summed E-state index contributed by atoms with van der Waals surface area (Å²) in [7, 11) is 1.75. The van der Waals surface area contributed by atoms with E-state index in [9.17, 15) is 0 Å². The van der Waals surface area contributed by atoms with E-state index in [0.29, 0.717) is 12.1 Å². The number of nitrogens with zero attached hydrogens (tertiary/aromatic N) is 1. The summed E-state index contributed by atoms with van der Waals surface area (Å²) in [6, 6.07) is 7.52. The predicted octanol–water partition coefficient (Wildman–Crippen LogP) is 2.19. The molecule has 2 rings (SSSR count). The second kappa shape index (κ2) is 5.72. The van der Waals surface area contributed by atoms with E-state index in [1.54, 1.807) is 7.11 Å². The maximum absolute atomic E-state index is 5.45. The van der Waals surface area contributed by atoms with Crippen LogP contribution in [0.3, 0.4) is 0 Å². The van der Waals surface area contributed by atoms with E-state index in [1.165, 1.54) is 11.1 Å². The van der Waals surface area contributed by atoms with E-state index in [-0.39, 0.29) is 0 Å². The standard InChI is InChI=1S/C15H24N2O/c1-11-5-6-15(18-4)14(7-11)10-17-8-12(2)16-13(3)9-17/h5-7,12-13,16H,8-10H2,1-4H3. The summed E-state index contributed by atoms with van der Waals surface area (Å²) < 4.78 is 5.45. The minimum Gasteiger partial charge on any atom is -0.496 e. The maximum Gasteiger partial charge on any atom is 0.123 e. The van der Waals surface area contributed by atoms with E-state index in [2.05, 4.69) is 49.2 Å². The molecule has 1 heterocycles. The highest BCUT2D eigenvalue weighted by molar-refractivity contribution is 5.36. The van der Waals surface area contributed by atoms with Crippen LogP contribution in [0.1, 0.15) is 25.0 Å². The fraction of sp³-hybridized carbons (Fsp3) is 0.600. The Balaban J connectivity index is 2.10. The van der Waals surface area contributed by atoms with E-state index in [1.807, 2.05) is 0 Å². The van der Waals surface area contributed by atoms with Crippen molar-refractivity contribution in [1.82, 2.24) is 10.2 Å². The van der Waals surface area contributed by atoms with Gasteiger partial charge in [0.05, 0.1) is 7.11 Å². The first-order valence-corrected chi connectivity index (χ1v) is 6.70. The fourth-order valence-electron chi connectivity index (χ4n) is 2.84. The summed E-state index contributed by atoms with van der Waals surface area (Å²) in [5.74, 6) is 0.999. The average Bonchev–Trinajstić information content (AvgIpc) is 2.27. The van der Waals surface area contributed by atoms with Crippen molar-refractivity contribution in [2.75, 3.05) is 20.2 Å². The Morgan fingerprint density at radius 2 is 1.94 bits per heavy atom. The highest BCUT2D eigenvalue weighted by Gasteiger charge is 2.21. The minimum absolute atomic E-state index is 0.560. The molecule has 3 heteroatoms. The molecule has 0 bridgehead atoms. The van der Waals surface area contributed by atoms with Gasteiger partial charge in [0.1, 0.15) is 5.75 Å². The average molecular weight is 248 g/mol. The zero-order chi connectivity index (χ0) is 13.1. The van der Waals surface area contributed by atoms with Crippen LogP contribution < -0.4 is 10.1 Å². The quantitative estimate of drug-likeness (QED) is 0.887. The molecule has 1 aromatic carbocycles. The number of methoxy groups -OCH3 is 1. The number of piperazine rings is 1. The van der Waals surface area contributed by atoms with Crippen molar-refractivity contribution in [2.45, 2.75) is 39.4 Å².